The van der Waals surface area contributed by atoms with Crippen LogP contribution in [0.4, 0.5) is 4.39 Å². The molecule has 0 saturated carbocycles. The summed E-state index contributed by atoms with van der Waals surface area (Å²) in [7, 11) is 0. The van der Waals surface area contributed by atoms with E-state index in [1.165, 1.54) is 18.2 Å². The van der Waals surface area contributed by atoms with E-state index in [9.17, 15) is 9.18 Å². The largest absolute Gasteiger partial charge is 0.344 e. The molecule has 0 bridgehead atoms. The Labute approximate surface area is 115 Å². The smallest absolute Gasteiger partial charge is 0.270 e. The molecule has 0 aliphatic carbocycles. The summed E-state index contributed by atoms with van der Waals surface area (Å²) < 4.78 is 12.9. The molecule has 0 aliphatic rings. The SMILES string of the molecule is CC(NC(=O)c1cccc(F)n1)c1cccc(Cl)c1. The zero-order valence-corrected chi connectivity index (χ0v) is 11.0. The van der Waals surface area contributed by atoms with Gasteiger partial charge in [0.2, 0.25) is 5.95 Å². The summed E-state index contributed by atoms with van der Waals surface area (Å²) in [6, 6.07) is 11.0. The van der Waals surface area contributed by atoms with Crippen LogP contribution in [-0.2, 0) is 0 Å². The highest BCUT2D eigenvalue weighted by atomic mass is 35.5. The second kappa shape index (κ2) is 5.80. The molecular weight excluding hydrogens is 267 g/mol. The Hall–Kier alpha value is -1.94. The third kappa shape index (κ3) is 3.51. The van der Waals surface area contributed by atoms with E-state index in [-0.39, 0.29) is 11.7 Å². The number of rotatable bonds is 3. The molecule has 1 aromatic carbocycles. The van der Waals surface area contributed by atoms with Crippen molar-refractivity contribution in [3.63, 3.8) is 0 Å². The Balaban J connectivity index is 2.11. The van der Waals surface area contributed by atoms with E-state index in [0.29, 0.717) is 5.02 Å². The van der Waals surface area contributed by atoms with Crippen molar-refractivity contribution in [3.8, 4) is 0 Å². The van der Waals surface area contributed by atoms with Crippen LogP contribution in [0.2, 0.25) is 5.02 Å². The zero-order valence-electron chi connectivity index (χ0n) is 10.2. The topological polar surface area (TPSA) is 42.0 Å². The predicted octanol–water partition coefficient (Wildman–Crippen LogP) is 3.37. The molecule has 2 aromatic rings. The number of nitrogens with zero attached hydrogens (tertiary/aromatic N) is 1. The van der Waals surface area contributed by atoms with Crippen molar-refractivity contribution in [2.75, 3.05) is 0 Å². The minimum atomic E-state index is -0.678. The Morgan fingerprint density at radius 3 is 2.74 bits per heavy atom. The van der Waals surface area contributed by atoms with Crippen LogP contribution in [-0.4, -0.2) is 10.9 Å². The lowest BCUT2D eigenvalue weighted by Crippen LogP contribution is -2.27. The van der Waals surface area contributed by atoms with Gasteiger partial charge < -0.3 is 5.32 Å². The van der Waals surface area contributed by atoms with Crippen molar-refractivity contribution < 1.29 is 9.18 Å². The maximum atomic E-state index is 12.9. The van der Waals surface area contributed by atoms with Gasteiger partial charge in [0.15, 0.2) is 0 Å². The van der Waals surface area contributed by atoms with Crippen LogP contribution in [0.15, 0.2) is 42.5 Å². The average Bonchev–Trinajstić information content (AvgIpc) is 2.38. The molecule has 1 aromatic heterocycles. The number of hydrogen-bond acceptors (Lipinski definition) is 2. The van der Waals surface area contributed by atoms with Crippen LogP contribution in [0.25, 0.3) is 0 Å². The number of pyridine rings is 1. The monoisotopic (exact) mass is 278 g/mol. The Kier molecular flexibility index (Phi) is 4.12. The van der Waals surface area contributed by atoms with E-state index >= 15 is 0 Å². The van der Waals surface area contributed by atoms with Crippen molar-refractivity contribution in [2.24, 2.45) is 0 Å². The average molecular weight is 279 g/mol. The van der Waals surface area contributed by atoms with Gasteiger partial charge in [-0.1, -0.05) is 29.8 Å². The first-order valence-electron chi connectivity index (χ1n) is 5.75. The summed E-state index contributed by atoms with van der Waals surface area (Å²) >= 11 is 5.89. The molecule has 3 nitrogen and oxygen atoms in total. The van der Waals surface area contributed by atoms with Gasteiger partial charge in [0.25, 0.3) is 5.91 Å². The molecule has 0 spiro atoms. The summed E-state index contributed by atoms with van der Waals surface area (Å²) in [5.41, 5.74) is 0.922. The number of carbonyl (C=O) groups is 1. The number of carbonyl (C=O) groups excluding carboxylic acids is 1. The van der Waals surface area contributed by atoms with Crippen molar-refractivity contribution >= 4 is 17.5 Å². The summed E-state index contributed by atoms with van der Waals surface area (Å²) in [6.45, 7) is 1.82. The van der Waals surface area contributed by atoms with Gasteiger partial charge in [-0.25, -0.2) is 4.98 Å². The zero-order chi connectivity index (χ0) is 13.8. The van der Waals surface area contributed by atoms with Crippen molar-refractivity contribution in [3.05, 3.63) is 64.7 Å². The van der Waals surface area contributed by atoms with E-state index in [4.69, 9.17) is 11.6 Å². The predicted molar refractivity (Wildman–Crippen MR) is 71.5 cm³/mol. The highest BCUT2D eigenvalue weighted by Gasteiger charge is 2.13. The highest BCUT2D eigenvalue weighted by molar-refractivity contribution is 6.30. The molecule has 1 unspecified atom stereocenters. The fourth-order valence-corrected chi connectivity index (χ4v) is 1.86. The van der Waals surface area contributed by atoms with E-state index in [2.05, 4.69) is 10.3 Å². The number of aromatic nitrogens is 1. The molecule has 98 valence electrons. The third-order valence-electron chi connectivity index (χ3n) is 2.64. The molecule has 1 heterocycles. The third-order valence-corrected chi connectivity index (χ3v) is 2.88. The minimum absolute atomic E-state index is 0.0499. The number of halogens is 2. The highest BCUT2D eigenvalue weighted by Crippen LogP contribution is 2.17. The summed E-state index contributed by atoms with van der Waals surface area (Å²) in [5, 5.41) is 3.34. The standard InChI is InChI=1S/C14H12ClFN2O/c1-9(10-4-2-5-11(15)8-10)17-14(19)12-6-3-7-13(16)18-12/h2-9H,1H3,(H,17,19). The number of hydrogen-bond donors (Lipinski definition) is 1. The first-order valence-corrected chi connectivity index (χ1v) is 6.13. The summed E-state index contributed by atoms with van der Waals surface area (Å²) in [4.78, 5) is 15.4. The molecule has 0 radical (unpaired) electrons. The minimum Gasteiger partial charge on any atom is -0.344 e. The Bertz CT molecular complexity index is 604. The molecule has 2 rings (SSSR count). The molecule has 0 aliphatic heterocycles. The first kappa shape index (κ1) is 13.5. The molecule has 0 fully saturated rings. The second-order valence-corrected chi connectivity index (χ2v) is 4.53. The molecule has 1 amide bonds. The van der Waals surface area contributed by atoms with E-state index < -0.39 is 11.9 Å². The number of benzene rings is 1. The van der Waals surface area contributed by atoms with Crippen LogP contribution in [0, 0.1) is 5.95 Å². The second-order valence-electron chi connectivity index (χ2n) is 4.10. The molecule has 0 saturated heterocycles. The molecule has 19 heavy (non-hydrogen) atoms. The number of nitrogens with one attached hydrogen (secondary N) is 1. The van der Waals surface area contributed by atoms with Gasteiger partial charge in [0.05, 0.1) is 6.04 Å². The fraction of sp³-hybridized carbons (Fsp3) is 0.143. The van der Waals surface area contributed by atoms with Gasteiger partial charge in [-0.15, -0.1) is 0 Å². The maximum absolute atomic E-state index is 12.9. The lowest BCUT2D eigenvalue weighted by atomic mass is 10.1. The van der Waals surface area contributed by atoms with Crippen molar-refractivity contribution in [1.82, 2.24) is 10.3 Å². The van der Waals surface area contributed by atoms with Crippen LogP contribution >= 0.6 is 11.6 Å². The first-order chi connectivity index (χ1) is 9.06. The van der Waals surface area contributed by atoms with Gasteiger partial charge in [0.1, 0.15) is 5.69 Å². The van der Waals surface area contributed by atoms with Crippen LogP contribution < -0.4 is 5.32 Å². The van der Waals surface area contributed by atoms with Gasteiger partial charge in [-0.05, 0) is 36.8 Å². The van der Waals surface area contributed by atoms with Gasteiger partial charge >= 0.3 is 0 Å². The summed E-state index contributed by atoms with van der Waals surface area (Å²) in [5.74, 6) is -1.10. The van der Waals surface area contributed by atoms with E-state index in [0.717, 1.165) is 5.56 Å². The van der Waals surface area contributed by atoms with Crippen LogP contribution in [0.5, 0.6) is 0 Å². The van der Waals surface area contributed by atoms with Crippen molar-refractivity contribution in [1.29, 1.82) is 0 Å². The van der Waals surface area contributed by atoms with Crippen LogP contribution in [0.1, 0.15) is 29.0 Å². The lowest BCUT2D eigenvalue weighted by Gasteiger charge is -2.14. The summed E-state index contributed by atoms with van der Waals surface area (Å²) in [6.07, 6.45) is 0. The molecule has 1 atom stereocenters. The van der Waals surface area contributed by atoms with Crippen LogP contribution in [0.3, 0.4) is 0 Å². The lowest BCUT2D eigenvalue weighted by molar-refractivity contribution is 0.0933. The van der Waals surface area contributed by atoms with Gasteiger partial charge in [-0.2, -0.15) is 4.39 Å². The van der Waals surface area contributed by atoms with E-state index in [1.54, 1.807) is 18.2 Å². The van der Waals surface area contributed by atoms with E-state index in [1.807, 2.05) is 13.0 Å². The Morgan fingerprint density at radius 2 is 2.05 bits per heavy atom. The quantitative estimate of drug-likeness (QED) is 0.875. The van der Waals surface area contributed by atoms with Gasteiger partial charge in [-0.3, -0.25) is 4.79 Å². The molecule has 1 N–H and O–H groups in total. The Morgan fingerprint density at radius 1 is 1.32 bits per heavy atom. The van der Waals surface area contributed by atoms with Crippen molar-refractivity contribution in [2.45, 2.75) is 13.0 Å². The normalized spacial score (nSPS) is 11.9. The molecule has 5 heteroatoms. The molecular formula is C14H12ClFN2O. The van der Waals surface area contributed by atoms with Gasteiger partial charge in [0, 0.05) is 5.02 Å². The fourth-order valence-electron chi connectivity index (χ4n) is 1.66. The number of amides is 1. The maximum Gasteiger partial charge on any atom is 0.270 e.